The van der Waals surface area contributed by atoms with Crippen LogP contribution in [0.1, 0.15) is 11.1 Å². The Labute approximate surface area is 162 Å². The number of benzene rings is 3. The van der Waals surface area contributed by atoms with Gasteiger partial charge in [0.15, 0.2) is 0 Å². The molecule has 0 fully saturated rings. The lowest BCUT2D eigenvalue weighted by Crippen LogP contribution is -2.14. The van der Waals surface area contributed by atoms with Gasteiger partial charge in [0, 0.05) is 11.4 Å². The van der Waals surface area contributed by atoms with Crippen molar-refractivity contribution in [3.05, 3.63) is 90.0 Å². The Kier molecular flexibility index (Phi) is 6.50. The molecule has 5 heteroatoms. The van der Waals surface area contributed by atoms with Gasteiger partial charge < -0.3 is 10.1 Å². The first kappa shape index (κ1) is 18.6. The molecule has 0 aliphatic heterocycles. The van der Waals surface area contributed by atoms with E-state index in [1.54, 1.807) is 6.07 Å². The lowest BCUT2D eigenvalue weighted by Gasteiger charge is -2.08. The Hall–Kier alpha value is -3.23. The van der Waals surface area contributed by atoms with Crippen LogP contribution in [0.5, 0.6) is 11.5 Å². The summed E-state index contributed by atoms with van der Waals surface area (Å²) in [6.07, 6.45) is 0. The summed E-state index contributed by atoms with van der Waals surface area (Å²) in [5.74, 6) is 2.46. The van der Waals surface area contributed by atoms with Gasteiger partial charge in [-0.25, -0.2) is 0 Å². The molecule has 134 valence electrons. The van der Waals surface area contributed by atoms with Crippen molar-refractivity contribution in [2.24, 2.45) is 0 Å². The number of thioether (sulfide) groups is 1. The number of carbonyl (C=O) groups is 1. The van der Waals surface area contributed by atoms with E-state index in [0.717, 1.165) is 17.0 Å². The van der Waals surface area contributed by atoms with Gasteiger partial charge in [0.05, 0.1) is 17.4 Å². The minimum Gasteiger partial charge on any atom is -0.457 e. The lowest BCUT2D eigenvalue weighted by molar-refractivity contribution is -0.113. The van der Waals surface area contributed by atoms with Crippen molar-refractivity contribution in [1.29, 1.82) is 5.26 Å². The maximum Gasteiger partial charge on any atom is 0.234 e. The van der Waals surface area contributed by atoms with Gasteiger partial charge in [-0.2, -0.15) is 5.26 Å². The zero-order valence-electron chi connectivity index (χ0n) is 14.6. The van der Waals surface area contributed by atoms with E-state index in [1.165, 1.54) is 11.8 Å². The van der Waals surface area contributed by atoms with E-state index in [4.69, 9.17) is 10.00 Å². The first-order valence-corrected chi connectivity index (χ1v) is 9.58. The molecule has 27 heavy (non-hydrogen) atoms. The van der Waals surface area contributed by atoms with Crippen molar-refractivity contribution in [3.63, 3.8) is 0 Å². The van der Waals surface area contributed by atoms with Crippen LogP contribution in [0.4, 0.5) is 5.69 Å². The van der Waals surface area contributed by atoms with Gasteiger partial charge in [0.2, 0.25) is 5.91 Å². The molecule has 0 bridgehead atoms. The number of carbonyl (C=O) groups excluding carboxylic acids is 1. The molecule has 4 nitrogen and oxygen atoms in total. The first-order valence-electron chi connectivity index (χ1n) is 8.42. The third-order valence-corrected chi connectivity index (χ3v) is 4.68. The molecular formula is C22H18N2O2S. The molecule has 0 aromatic heterocycles. The second-order valence-electron chi connectivity index (χ2n) is 5.79. The number of hydrogen-bond donors (Lipinski definition) is 1. The lowest BCUT2D eigenvalue weighted by atomic mass is 10.2. The highest BCUT2D eigenvalue weighted by atomic mass is 32.2. The Morgan fingerprint density at radius 2 is 1.70 bits per heavy atom. The van der Waals surface area contributed by atoms with E-state index in [0.29, 0.717) is 22.8 Å². The van der Waals surface area contributed by atoms with Crippen molar-refractivity contribution < 1.29 is 9.53 Å². The summed E-state index contributed by atoms with van der Waals surface area (Å²) in [5, 5.41) is 11.8. The summed E-state index contributed by atoms with van der Waals surface area (Å²) in [4.78, 5) is 12.1. The fourth-order valence-electron chi connectivity index (χ4n) is 2.42. The number of anilines is 1. The number of ether oxygens (including phenoxy) is 1. The Morgan fingerprint density at radius 1 is 0.963 bits per heavy atom. The van der Waals surface area contributed by atoms with Gasteiger partial charge in [-0.05, 0) is 54.1 Å². The Bertz CT molecular complexity index is 935. The number of amides is 1. The summed E-state index contributed by atoms with van der Waals surface area (Å²) in [7, 11) is 0. The van der Waals surface area contributed by atoms with Crippen molar-refractivity contribution >= 4 is 23.4 Å². The molecular weight excluding hydrogens is 356 g/mol. The summed E-state index contributed by atoms with van der Waals surface area (Å²) in [6, 6.07) is 26.4. The highest BCUT2D eigenvalue weighted by Gasteiger charge is 2.04. The zero-order chi connectivity index (χ0) is 18.9. The molecule has 1 amide bonds. The average Bonchev–Trinajstić information content (AvgIpc) is 2.70. The van der Waals surface area contributed by atoms with Gasteiger partial charge in [0.25, 0.3) is 0 Å². The smallest absolute Gasteiger partial charge is 0.234 e. The van der Waals surface area contributed by atoms with Crippen LogP contribution in [-0.2, 0) is 10.5 Å². The number of hydrogen-bond acceptors (Lipinski definition) is 4. The van der Waals surface area contributed by atoms with Gasteiger partial charge in [-0.1, -0.05) is 30.3 Å². The molecule has 3 rings (SSSR count). The molecule has 0 saturated carbocycles. The van der Waals surface area contributed by atoms with Crippen LogP contribution in [0.15, 0.2) is 78.9 Å². The molecule has 3 aromatic carbocycles. The highest BCUT2D eigenvalue weighted by Crippen LogP contribution is 2.23. The molecule has 0 aliphatic carbocycles. The Balaban J connectivity index is 1.45. The number of rotatable bonds is 7. The fourth-order valence-corrected chi connectivity index (χ4v) is 3.20. The van der Waals surface area contributed by atoms with E-state index in [-0.39, 0.29) is 5.91 Å². The van der Waals surface area contributed by atoms with Gasteiger partial charge in [0.1, 0.15) is 11.5 Å². The predicted molar refractivity (Wildman–Crippen MR) is 109 cm³/mol. The van der Waals surface area contributed by atoms with Gasteiger partial charge >= 0.3 is 0 Å². The molecule has 0 unspecified atom stereocenters. The Morgan fingerprint density at radius 3 is 2.44 bits per heavy atom. The summed E-state index contributed by atoms with van der Waals surface area (Å²) in [5.41, 5.74) is 2.40. The van der Waals surface area contributed by atoms with Gasteiger partial charge in [-0.3, -0.25) is 4.79 Å². The number of para-hydroxylation sites is 1. The van der Waals surface area contributed by atoms with Crippen LogP contribution >= 0.6 is 11.8 Å². The highest BCUT2D eigenvalue weighted by molar-refractivity contribution is 7.99. The molecule has 3 aromatic rings. The zero-order valence-corrected chi connectivity index (χ0v) is 15.4. The number of nitrogens with zero attached hydrogens (tertiary/aromatic N) is 1. The first-order chi connectivity index (χ1) is 13.2. The minimum absolute atomic E-state index is 0.0619. The van der Waals surface area contributed by atoms with E-state index < -0.39 is 0 Å². The van der Waals surface area contributed by atoms with Crippen molar-refractivity contribution in [2.75, 3.05) is 11.1 Å². The summed E-state index contributed by atoms with van der Waals surface area (Å²) >= 11 is 1.51. The molecule has 0 atom stereocenters. The van der Waals surface area contributed by atoms with Crippen LogP contribution in [0.25, 0.3) is 0 Å². The largest absolute Gasteiger partial charge is 0.457 e. The van der Waals surface area contributed by atoms with Crippen LogP contribution in [0.2, 0.25) is 0 Å². The van der Waals surface area contributed by atoms with Crippen LogP contribution in [0, 0.1) is 11.3 Å². The monoisotopic (exact) mass is 374 g/mol. The van der Waals surface area contributed by atoms with Gasteiger partial charge in [-0.15, -0.1) is 11.8 Å². The van der Waals surface area contributed by atoms with Crippen molar-refractivity contribution in [1.82, 2.24) is 0 Å². The molecule has 1 N–H and O–H groups in total. The quantitative estimate of drug-likeness (QED) is 0.616. The minimum atomic E-state index is -0.0619. The molecule has 0 radical (unpaired) electrons. The molecule has 0 aliphatic rings. The standard InChI is InChI=1S/C22H18N2O2S/c23-14-17-5-4-6-18(13-17)15-27-16-22(25)24-19-9-11-21(12-10-19)26-20-7-2-1-3-8-20/h1-13H,15-16H2,(H,24,25). The fraction of sp³-hybridized carbons (Fsp3) is 0.0909. The van der Waals surface area contributed by atoms with E-state index in [2.05, 4.69) is 11.4 Å². The number of nitrogens with one attached hydrogen (secondary N) is 1. The third kappa shape index (κ3) is 5.91. The van der Waals surface area contributed by atoms with E-state index >= 15 is 0 Å². The van der Waals surface area contributed by atoms with E-state index in [1.807, 2.05) is 72.8 Å². The summed E-state index contributed by atoms with van der Waals surface area (Å²) < 4.78 is 5.73. The molecule has 0 spiro atoms. The predicted octanol–water partition coefficient (Wildman–Crippen LogP) is 5.22. The average molecular weight is 374 g/mol. The SMILES string of the molecule is N#Cc1cccc(CSCC(=O)Nc2ccc(Oc3ccccc3)cc2)c1. The maximum atomic E-state index is 12.1. The molecule has 0 heterocycles. The third-order valence-electron chi connectivity index (χ3n) is 3.67. The summed E-state index contributed by atoms with van der Waals surface area (Å²) in [6.45, 7) is 0. The van der Waals surface area contributed by atoms with Crippen LogP contribution in [0.3, 0.4) is 0 Å². The second-order valence-corrected chi connectivity index (χ2v) is 6.78. The van der Waals surface area contributed by atoms with Crippen molar-refractivity contribution in [3.8, 4) is 17.6 Å². The van der Waals surface area contributed by atoms with E-state index in [9.17, 15) is 4.79 Å². The maximum absolute atomic E-state index is 12.1. The van der Waals surface area contributed by atoms with Crippen molar-refractivity contribution in [2.45, 2.75) is 5.75 Å². The number of nitriles is 1. The van der Waals surface area contributed by atoms with Crippen LogP contribution < -0.4 is 10.1 Å². The van der Waals surface area contributed by atoms with Crippen LogP contribution in [-0.4, -0.2) is 11.7 Å². The topological polar surface area (TPSA) is 62.1 Å². The normalized spacial score (nSPS) is 10.0. The second kappa shape index (κ2) is 9.46. The molecule has 0 saturated heterocycles.